The molecule has 1 aliphatic carbocycles. The number of nitrogens with one attached hydrogen (secondary N) is 1. The predicted molar refractivity (Wildman–Crippen MR) is 117 cm³/mol. The van der Waals surface area contributed by atoms with Gasteiger partial charge in [0.05, 0.1) is 20.9 Å². The SMILES string of the molecule is CC(Sc1nnc2c(Cl)cc(Cl)cn12)C(=O)Nc1sc2c(c1C#N)CCCCC2. The van der Waals surface area contributed by atoms with Crippen LogP contribution in [0.4, 0.5) is 5.00 Å². The van der Waals surface area contributed by atoms with Crippen molar-refractivity contribution in [2.45, 2.75) is 49.4 Å². The van der Waals surface area contributed by atoms with Crippen molar-refractivity contribution >= 4 is 62.9 Å². The van der Waals surface area contributed by atoms with E-state index < -0.39 is 5.25 Å². The second-order valence-electron chi connectivity index (χ2n) is 6.81. The molecule has 1 unspecified atom stereocenters. The van der Waals surface area contributed by atoms with Gasteiger partial charge in [0.2, 0.25) is 5.91 Å². The molecule has 1 N–H and O–H groups in total. The van der Waals surface area contributed by atoms with E-state index >= 15 is 0 Å². The van der Waals surface area contributed by atoms with Gasteiger partial charge in [-0.1, -0.05) is 41.4 Å². The zero-order valence-electron chi connectivity index (χ0n) is 15.5. The lowest BCUT2D eigenvalue weighted by Crippen LogP contribution is -2.22. The molecule has 0 fully saturated rings. The van der Waals surface area contributed by atoms with E-state index in [2.05, 4.69) is 21.6 Å². The number of carbonyl (C=O) groups is 1. The van der Waals surface area contributed by atoms with E-state index in [9.17, 15) is 10.1 Å². The summed E-state index contributed by atoms with van der Waals surface area (Å²) in [5.74, 6) is -0.187. The summed E-state index contributed by atoms with van der Waals surface area (Å²) in [7, 11) is 0. The average molecular weight is 466 g/mol. The van der Waals surface area contributed by atoms with E-state index in [0.29, 0.717) is 31.4 Å². The normalized spacial score (nSPS) is 14.8. The Kier molecular flexibility index (Phi) is 6.02. The van der Waals surface area contributed by atoms with Crippen LogP contribution in [0, 0.1) is 11.3 Å². The minimum Gasteiger partial charge on any atom is -0.316 e. The number of nitriles is 1. The van der Waals surface area contributed by atoms with Gasteiger partial charge in [0.15, 0.2) is 10.8 Å². The number of nitrogens with zero attached hydrogens (tertiary/aromatic N) is 4. The molecule has 0 saturated heterocycles. The third kappa shape index (κ3) is 4.10. The first-order chi connectivity index (χ1) is 14.0. The molecule has 6 nitrogen and oxygen atoms in total. The maximum absolute atomic E-state index is 12.8. The second-order valence-corrected chi connectivity index (χ2v) is 10.1. The number of amides is 1. The summed E-state index contributed by atoms with van der Waals surface area (Å²) in [4.78, 5) is 14.0. The number of aromatic nitrogens is 3. The molecule has 0 radical (unpaired) electrons. The molecule has 1 aliphatic rings. The van der Waals surface area contributed by atoms with E-state index in [4.69, 9.17) is 23.2 Å². The lowest BCUT2D eigenvalue weighted by molar-refractivity contribution is -0.115. The van der Waals surface area contributed by atoms with Crippen molar-refractivity contribution in [1.29, 1.82) is 5.26 Å². The summed E-state index contributed by atoms with van der Waals surface area (Å²) in [6, 6.07) is 3.89. The summed E-state index contributed by atoms with van der Waals surface area (Å²) in [5.41, 5.74) is 2.21. The van der Waals surface area contributed by atoms with Crippen LogP contribution < -0.4 is 5.32 Å². The quantitative estimate of drug-likeness (QED) is 0.414. The van der Waals surface area contributed by atoms with E-state index in [1.54, 1.807) is 23.6 Å². The minimum absolute atomic E-state index is 0.187. The molecule has 0 aliphatic heterocycles. The van der Waals surface area contributed by atoms with Crippen LogP contribution in [0.5, 0.6) is 0 Å². The van der Waals surface area contributed by atoms with Crippen LogP contribution in [0.3, 0.4) is 0 Å². The van der Waals surface area contributed by atoms with E-state index in [1.165, 1.54) is 34.4 Å². The maximum Gasteiger partial charge on any atom is 0.238 e. The fourth-order valence-electron chi connectivity index (χ4n) is 3.36. The van der Waals surface area contributed by atoms with Crippen LogP contribution in [-0.2, 0) is 17.6 Å². The zero-order valence-corrected chi connectivity index (χ0v) is 18.7. The average Bonchev–Trinajstić information content (AvgIpc) is 3.14. The number of rotatable bonds is 4. The maximum atomic E-state index is 12.8. The largest absolute Gasteiger partial charge is 0.316 e. The standard InChI is InChI=1S/C19H17Cl2N5OS2/c1-10(28-19-25-24-16-14(21)7-11(20)9-26(16)19)17(27)23-18-13(8-22)12-5-3-2-4-6-15(12)29-18/h7,9-10H,2-6H2,1H3,(H,23,27). The van der Waals surface area contributed by atoms with Crippen LogP contribution in [0.25, 0.3) is 5.65 Å². The number of carbonyl (C=O) groups excluding carboxylic acids is 1. The van der Waals surface area contributed by atoms with Gasteiger partial charge < -0.3 is 5.32 Å². The summed E-state index contributed by atoms with van der Waals surface area (Å²) in [6.45, 7) is 1.79. The van der Waals surface area contributed by atoms with Crippen LogP contribution in [0.2, 0.25) is 10.0 Å². The van der Waals surface area contributed by atoms with Crippen molar-refractivity contribution < 1.29 is 4.79 Å². The van der Waals surface area contributed by atoms with Gasteiger partial charge in [0.25, 0.3) is 0 Å². The number of hydrogen-bond acceptors (Lipinski definition) is 6. The lowest BCUT2D eigenvalue weighted by atomic mass is 10.1. The van der Waals surface area contributed by atoms with Crippen molar-refractivity contribution in [3.8, 4) is 6.07 Å². The Morgan fingerprint density at radius 1 is 1.34 bits per heavy atom. The van der Waals surface area contributed by atoms with Gasteiger partial charge in [-0.3, -0.25) is 9.20 Å². The Morgan fingerprint density at radius 3 is 2.93 bits per heavy atom. The molecular formula is C19H17Cl2N5OS2. The zero-order chi connectivity index (χ0) is 20.5. The number of halogens is 2. The van der Waals surface area contributed by atoms with Gasteiger partial charge in [-0.15, -0.1) is 21.5 Å². The molecule has 0 aromatic carbocycles. The van der Waals surface area contributed by atoms with Gasteiger partial charge in [0, 0.05) is 11.1 Å². The van der Waals surface area contributed by atoms with Gasteiger partial charge >= 0.3 is 0 Å². The molecule has 29 heavy (non-hydrogen) atoms. The monoisotopic (exact) mass is 465 g/mol. The molecule has 1 amide bonds. The molecule has 150 valence electrons. The third-order valence-electron chi connectivity index (χ3n) is 4.82. The molecular weight excluding hydrogens is 449 g/mol. The molecule has 0 saturated carbocycles. The van der Waals surface area contributed by atoms with Crippen molar-refractivity contribution in [2.24, 2.45) is 0 Å². The van der Waals surface area contributed by atoms with Crippen molar-refractivity contribution in [3.63, 3.8) is 0 Å². The second kappa shape index (κ2) is 8.52. The highest BCUT2D eigenvalue weighted by molar-refractivity contribution is 8.00. The molecule has 0 spiro atoms. The highest BCUT2D eigenvalue weighted by Gasteiger charge is 2.24. The van der Waals surface area contributed by atoms with E-state index in [-0.39, 0.29) is 5.91 Å². The minimum atomic E-state index is -0.450. The van der Waals surface area contributed by atoms with Crippen LogP contribution in [0.15, 0.2) is 17.4 Å². The summed E-state index contributed by atoms with van der Waals surface area (Å²) in [5, 5.41) is 22.4. The highest BCUT2D eigenvalue weighted by atomic mass is 35.5. The fourth-order valence-corrected chi connectivity index (χ4v) is 5.93. The van der Waals surface area contributed by atoms with Gasteiger partial charge in [-0.05, 0) is 44.2 Å². The summed E-state index contributed by atoms with van der Waals surface area (Å²) >= 11 is 15.0. The fraction of sp³-hybridized carbons (Fsp3) is 0.368. The summed E-state index contributed by atoms with van der Waals surface area (Å²) in [6.07, 6.45) is 6.94. The van der Waals surface area contributed by atoms with Crippen molar-refractivity contribution in [1.82, 2.24) is 14.6 Å². The number of hydrogen-bond donors (Lipinski definition) is 1. The number of pyridine rings is 1. The first-order valence-electron chi connectivity index (χ1n) is 9.20. The van der Waals surface area contributed by atoms with Crippen molar-refractivity contribution in [3.05, 3.63) is 38.3 Å². The van der Waals surface area contributed by atoms with Gasteiger partial charge in [-0.25, -0.2) is 0 Å². The number of fused-ring (bicyclic) bond motifs is 2. The van der Waals surface area contributed by atoms with Gasteiger partial charge in [-0.2, -0.15) is 5.26 Å². The molecule has 4 rings (SSSR count). The Balaban J connectivity index is 1.53. The number of anilines is 1. The molecule has 3 aromatic heterocycles. The molecule has 3 heterocycles. The Bertz CT molecular complexity index is 1130. The highest BCUT2D eigenvalue weighted by Crippen LogP contribution is 2.37. The first-order valence-corrected chi connectivity index (χ1v) is 11.6. The van der Waals surface area contributed by atoms with Crippen LogP contribution >= 0.6 is 46.3 Å². The molecule has 3 aromatic rings. The van der Waals surface area contributed by atoms with Gasteiger partial charge in [0.1, 0.15) is 11.1 Å². The Hall–Kier alpha value is -1.79. The molecule has 10 heteroatoms. The number of thioether (sulfide) groups is 1. The van der Waals surface area contributed by atoms with Crippen molar-refractivity contribution in [2.75, 3.05) is 5.32 Å². The number of aryl methyl sites for hydroxylation is 1. The molecule has 1 atom stereocenters. The number of thiophene rings is 1. The van der Waals surface area contributed by atoms with E-state index in [1.807, 2.05) is 0 Å². The predicted octanol–water partition coefficient (Wildman–Crippen LogP) is 5.36. The molecule has 0 bridgehead atoms. The van der Waals surface area contributed by atoms with Crippen LogP contribution in [-0.4, -0.2) is 25.8 Å². The third-order valence-corrected chi connectivity index (χ3v) is 7.57. The van der Waals surface area contributed by atoms with E-state index in [0.717, 1.165) is 31.2 Å². The first kappa shape index (κ1) is 20.5. The Morgan fingerprint density at radius 2 is 2.14 bits per heavy atom. The smallest absolute Gasteiger partial charge is 0.238 e. The topological polar surface area (TPSA) is 83.1 Å². The lowest BCUT2D eigenvalue weighted by Gasteiger charge is -2.10. The Labute approximate surface area is 186 Å². The van der Waals surface area contributed by atoms with Crippen LogP contribution in [0.1, 0.15) is 42.2 Å². The summed E-state index contributed by atoms with van der Waals surface area (Å²) < 4.78 is 1.67.